The van der Waals surface area contributed by atoms with E-state index in [2.05, 4.69) is 10.4 Å². The maximum Gasteiger partial charge on any atom is 0.128 e. The van der Waals surface area contributed by atoms with Gasteiger partial charge in [-0.2, -0.15) is 0 Å². The molecule has 20 heavy (non-hydrogen) atoms. The first-order chi connectivity index (χ1) is 9.56. The Kier molecular flexibility index (Phi) is 4.22. The van der Waals surface area contributed by atoms with Gasteiger partial charge < -0.3 is 10.5 Å². The number of aryl methyl sites for hydroxylation is 2. The Morgan fingerprint density at radius 1 is 1.25 bits per heavy atom. The molecule has 1 unspecified atom stereocenters. The molecule has 5 N–H and O–H groups in total. The van der Waals surface area contributed by atoms with Crippen molar-refractivity contribution in [1.29, 1.82) is 0 Å². The van der Waals surface area contributed by atoms with Gasteiger partial charge in [-0.1, -0.05) is 12.1 Å². The van der Waals surface area contributed by atoms with Crippen molar-refractivity contribution < 1.29 is 4.74 Å². The van der Waals surface area contributed by atoms with Crippen LogP contribution in [0.25, 0.3) is 0 Å². The monoisotopic (exact) mass is 272 g/mol. The van der Waals surface area contributed by atoms with Crippen LogP contribution in [0.1, 0.15) is 28.3 Å². The van der Waals surface area contributed by atoms with Crippen molar-refractivity contribution in [3.63, 3.8) is 0 Å². The summed E-state index contributed by atoms with van der Waals surface area (Å²) in [5.41, 5.74) is 12.8. The van der Waals surface area contributed by atoms with Gasteiger partial charge in [0.15, 0.2) is 0 Å². The molecule has 0 amide bonds. The minimum absolute atomic E-state index is 0.202. The number of hydrazine groups is 1. The molecule has 0 radical (unpaired) electrons. The fraction of sp³-hybridized carbons (Fsp3) is 0.267. The average Bonchev–Trinajstić information content (AvgIpc) is 2.44. The standard InChI is InChI=1S/C15H20N4O/c1-9-6-12(15(16)18-8-9)14(19-17)11-4-5-13(20-3)10(2)7-11/h4-8,14,19H,17H2,1-3H3,(H2,16,18). The van der Waals surface area contributed by atoms with Gasteiger partial charge >= 0.3 is 0 Å². The maximum atomic E-state index is 5.97. The van der Waals surface area contributed by atoms with Crippen molar-refractivity contribution in [3.8, 4) is 5.75 Å². The quantitative estimate of drug-likeness (QED) is 0.584. The Bertz CT molecular complexity index is 613. The predicted molar refractivity (Wildman–Crippen MR) is 80.3 cm³/mol. The van der Waals surface area contributed by atoms with Crippen molar-refractivity contribution in [2.75, 3.05) is 12.8 Å². The van der Waals surface area contributed by atoms with Crippen LogP contribution in [-0.2, 0) is 0 Å². The lowest BCUT2D eigenvalue weighted by Crippen LogP contribution is -2.29. The topological polar surface area (TPSA) is 86.2 Å². The van der Waals surface area contributed by atoms with Crippen LogP contribution in [0, 0.1) is 13.8 Å². The van der Waals surface area contributed by atoms with Gasteiger partial charge in [-0.25, -0.2) is 10.4 Å². The highest BCUT2D eigenvalue weighted by molar-refractivity contribution is 5.48. The second-order valence-corrected chi connectivity index (χ2v) is 4.82. The van der Waals surface area contributed by atoms with Gasteiger partial charge in [0.25, 0.3) is 0 Å². The van der Waals surface area contributed by atoms with E-state index in [9.17, 15) is 0 Å². The molecule has 5 nitrogen and oxygen atoms in total. The molecule has 0 spiro atoms. The van der Waals surface area contributed by atoms with Crippen LogP contribution >= 0.6 is 0 Å². The first-order valence-corrected chi connectivity index (χ1v) is 6.39. The SMILES string of the molecule is COc1ccc(C(NN)c2cc(C)cnc2N)cc1C. The molecule has 0 aliphatic carbocycles. The zero-order valence-corrected chi connectivity index (χ0v) is 12.0. The largest absolute Gasteiger partial charge is 0.496 e. The van der Waals surface area contributed by atoms with E-state index in [1.165, 1.54) is 0 Å². The summed E-state index contributed by atoms with van der Waals surface area (Å²) in [4.78, 5) is 4.19. The smallest absolute Gasteiger partial charge is 0.128 e. The molecule has 0 saturated carbocycles. The minimum atomic E-state index is -0.202. The van der Waals surface area contributed by atoms with E-state index in [0.29, 0.717) is 5.82 Å². The maximum absolute atomic E-state index is 5.97. The second-order valence-electron chi connectivity index (χ2n) is 4.82. The molecule has 0 aliphatic heterocycles. The highest BCUT2D eigenvalue weighted by atomic mass is 16.5. The van der Waals surface area contributed by atoms with Crippen LogP contribution in [0.5, 0.6) is 5.75 Å². The molecule has 5 heteroatoms. The Hall–Kier alpha value is -2.11. The summed E-state index contributed by atoms with van der Waals surface area (Å²) in [5.74, 6) is 7.04. The van der Waals surface area contributed by atoms with Crippen molar-refractivity contribution in [2.24, 2.45) is 5.84 Å². The summed E-state index contributed by atoms with van der Waals surface area (Å²) < 4.78 is 5.27. The number of methoxy groups -OCH3 is 1. The number of nitrogens with zero attached hydrogens (tertiary/aromatic N) is 1. The molecule has 1 aromatic carbocycles. The van der Waals surface area contributed by atoms with Crippen LogP contribution in [0.3, 0.4) is 0 Å². The Morgan fingerprint density at radius 3 is 2.60 bits per heavy atom. The van der Waals surface area contributed by atoms with E-state index in [1.807, 2.05) is 38.1 Å². The third kappa shape index (κ3) is 2.74. The highest BCUT2D eigenvalue weighted by Gasteiger charge is 2.17. The van der Waals surface area contributed by atoms with E-state index in [0.717, 1.165) is 28.0 Å². The Balaban J connectivity index is 2.46. The van der Waals surface area contributed by atoms with Gasteiger partial charge in [0, 0.05) is 11.8 Å². The van der Waals surface area contributed by atoms with Crippen LogP contribution in [-0.4, -0.2) is 12.1 Å². The molecule has 0 saturated heterocycles. The fourth-order valence-corrected chi connectivity index (χ4v) is 2.28. The minimum Gasteiger partial charge on any atom is -0.496 e. The number of nitrogens with two attached hydrogens (primary N) is 2. The normalized spacial score (nSPS) is 12.2. The van der Waals surface area contributed by atoms with Gasteiger partial charge in [-0.05, 0) is 42.7 Å². The molecule has 106 valence electrons. The predicted octanol–water partition coefficient (Wildman–Crippen LogP) is 1.84. The number of rotatable bonds is 4. The third-order valence-electron chi connectivity index (χ3n) is 3.32. The second kappa shape index (κ2) is 5.90. The zero-order chi connectivity index (χ0) is 14.7. The lowest BCUT2D eigenvalue weighted by molar-refractivity contribution is 0.411. The lowest BCUT2D eigenvalue weighted by Gasteiger charge is -2.19. The Morgan fingerprint density at radius 2 is 2.00 bits per heavy atom. The summed E-state index contributed by atoms with van der Waals surface area (Å²) in [6.45, 7) is 3.97. The van der Waals surface area contributed by atoms with E-state index >= 15 is 0 Å². The first-order valence-electron chi connectivity index (χ1n) is 6.39. The van der Waals surface area contributed by atoms with Crippen molar-refractivity contribution >= 4 is 5.82 Å². The molecule has 2 aromatic rings. The number of aromatic nitrogens is 1. The number of hydrogen-bond acceptors (Lipinski definition) is 5. The van der Waals surface area contributed by atoms with Crippen LogP contribution in [0.15, 0.2) is 30.5 Å². The summed E-state index contributed by atoms with van der Waals surface area (Å²) in [5, 5.41) is 0. The molecule has 0 bridgehead atoms. The zero-order valence-electron chi connectivity index (χ0n) is 12.0. The van der Waals surface area contributed by atoms with Crippen molar-refractivity contribution in [1.82, 2.24) is 10.4 Å². The number of nitrogen functional groups attached to an aromatic ring is 1. The van der Waals surface area contributed by atoms with Gasteiger partial charge in [0.2, 0.25) is 0 Å². The summed E-state index contributed by atoms with van der Waals surface area (Å²) in [6, 6.07) is 7.72. The highest BCUT2D eigenvalue weighted by Crippen LogP contribution is 2.29. The molecule has 1 atom stereocenters. The number of pyridine rings is 1. The number of hydrogen-bond donors (Lipinski definition) is 3. The number of nitrogens with one attached hydrogen (secondary N) is 1. The van der Waals surface area contributed by atoms with Gasteiger partial charge in [0.05, 0.1) is 13.2 Å². The number of benzene rings is 1. The number of ether oxygens (including phenoxy) is 1. The van der Waals surface area contributed by atoms with Gasteiger partial charge in [-0.15, -0.1) is 0 Å². The van der Waals surface area contributed by atoms with Gasteiger partial charge in [-0.3, -0.25) is 5.84 Å². The number of anilines is 1. The van der Waals surface area contributed by atoms with E-state index in [4.69, 9.17) is 16.3 Å². The van der Waals surface area contributed by atoms with Crippen LogP contribution in [0.4, 0.5) is 5.82 Å². The first kappa shape index (κ1) is 14.3. The molecule has 2 rings (SSSR count). The molecular weight excluding hydrogens is 252 g/mol. The van der Waals surface area contributed by atoms with E-state index in [-0.39, 0.29) is 6.04 Å². The lowest BCUT2D eigenvalue weighted by atomic mass is 9.97. The fourth-order valence-electron chi connectivity index (χ4n) is 2.28. The van der Waals surface area contributed by atoms with Crippen LogP contribution < -0.4 is 21.7 Å². The third-order valence-corrected chi connectivity index (χ3v) is 3.32. The Labute approximate surface area is 118 Å². The van der Waals surface area contributed by atoms with Crippen LogP contribution in [0.2, 0.25) is 0 Å². The van der Waals surface area contributed by atoms with Gasteiger partial charge in [0.1, 0.15) is 11.6 Å². The molecular formula is C15H20N4O. The average molecular weight is 272 g/mol. The molecule has 0 fully saturated rings. The van der Waals surface area contributed by atoms with Crippen molar-refractivity contribution in [3.05, 3.63) is 52.7 Å². The summed E-state index contributed by atoms with van der Waals surface area (Å²) >= 11 is 0. The molecule has 1 aromatic heterocycles. The van der Waals surface area contributed by atoms with E-state index in [1.54, 1.807) is 13.3 Å². The van der Waals surface area contributed by atoms with E-state index < -0.39 is 0 Å². The van der Waals surface area contributed by atoms with Crippen molar-refractivity contribution in [2.45, 2.75) is 19.9 Å². The molecule has 1 heterocycles. The molecule has 0 aliphatic rings. The summed E-state index contributed by atoms with van der Waals surface area (Å²) in [6.07, 6.45) is 1.74. The summed E-state index contributed by atoms with van der Waals surface area (Å²) in [7, 11) is 1.66.